The Hall–Kier alpha value is -4.67. The summed E-state index contributed by atoms with van der Waals surface area (Å²) in [6.07, 6.45) is -5.86. The highest BCUT2D eigenvalue weighted by Crippen LogP contribution is 2.33. The van der Waals surface area contributed by atoms with Crippen molar-refractivity contribution in [3.05, 3.63) is 71.1 Å². The van der Waals surface area contributed by atoms with Crippen molar-refractivity contribution in [2.45, 2.75) is 52.0 Å². The first-order valence-electron chi connectivity index (χ1n) is 13.6. The Kier molecular flexibility index (Phi) is 9.14. The fraction of sp³-hybridized carbons (Fsp3) is 0.393. The largest absolute Gasteiger partial charge is 0.569 e. The van der Waals surface area contributed by atoms with E-state index in [9.17, 15) is 36.4 Å². The predicted molar refractivity (Wildman–Crippen MR) is 151 cm³/mol. The van der Waals surface area contributed by atoms with Gasteiger partial charge in [0.2, 0.25) is 11.2 Å². The van der Waals surface area contributed by atoms with Crippen LogP contribution >= 0.6 is 0 Å². The van der Waals surface area contributed by atoms with Gasteiger partial charge in [-0.15, -0.1) is 5.01 Å². The molecule has 1 N–H and O–H groups in total. The topological polar surface area (TPSA) is 158 Å². The maximum atomic E-state index is 13.5. The van der Waals surface area contributed by atoms with Crippen LogP contribution in [0.25, 0.3) is 16.9 Å². The van der Waals surface area contributed by atoms with Crippen LogP contribution in [0.3, 0.4) is 0 Å². The molecular weight excluding hydrogens is 621 g/mol. The van der Waals surface area contributed by atoms with Gasteiger partial charge in [0.1, 0.15) is 0 Å². The number of aryl methyl sites for hydroxylation is 1. The van der Waals surface area contributed by atoms with E-state index in [-0.39, 0.29) is 34.3 Å². The molecular formula is C28H31F3N6O7S. The summed E-state index contributed by atoms with van der Waals surface area (Å²) in [5.41, 5.74) is -0.230. The Bertz CT molecular complexity index is 1690. The fourth-order valence-corrected chi connectivity index (χ4v) is 5.00. The molecule has 1 atom stereocenters. The summed E-state index contributed by atoms with van der Waals surface area (Å²) in [5.74, 6) is -2.31. The molecule has 1 saturated heterocycles. The molecule has 1 fully saturated rings. The first-order valence-corrected chi connectivity index (χ1v) is 15.0. The van der Waals surface area contributed by atoms with E-state index in [2.05, 4.69) is 10.4 Å². The maximum absolute atomic E-state index is 13.5. The molecule has 1 unspecified atom stereocenters. The lowest BCUT2D eigenvalue weighted by molar-refractivity contribution is -0.727. The van der Waals surface area contributed by atoms with E-state index in [1.54, 1.807) is 45.0 Å². The molecule has 0 spiro atoms. The molecule has 1 amide bonds. The number of hydrogen-bond acceptors (Lipinski definition) is 9. The number of sulfonamides is 1. The monoisotopic (exact) mass is 652 g/mol. The molecule has 17 heteroatoms. The van der Waals surface area contributed by atoms with Crippen LogP contribution in [0.4, 0.5) is 13.2 Å². The molecule has 45 heavy (non-hydrogen) atoms. The SMILES string of the molecule is Cc1ccc(-c2cc(C(F)(F)F)nn2-c2ccc(S(=O)(=O)NC(=O)C3CN([N+]([O-])=NOC(C)OC(=O)C(C)(C)C)C3)cc2)cc1. The van der Waals surface area contributed by atoms with Crippen LogP contribution in [0.1, 0.15) is 39.0 Å². The standard InChI is InChI=1S/C28H31F3N6O7S/c1-17-6-8-19(9-7-17)23-14-24(28(29,30)31)32-36(23)21-10-12-22(13-11-21)45(41,42)33-25(38)20-15-35(16-20)37(40)34-44-18(2)43-26(39)27(3,4)5/h6-14,18,20H,15-16H2,1-5H3,(H,33,38). The number of hydrogen-bond donors (Lipinski definition) is 1. The number of halogens is 3. The fourth-order valence-electron chi connectivity index (χ4n) is 3.96. The number of benzene rings is 2. The van der Waals surface area contributed by atoms with Gasteiger partial charge in [-0.05, 0) is 58.0 Å². The van der Waals surface area contributed by atoms with Gasteiger partial charge in [-0.2, -0.15) is 18.3 Å². The summed E-state index contributed by atoms with van der Waals surface area (Å²) >= 11 is 0. The molecule has 0 aliphatic carbocycles. The highest BCUT2D eigenvalue weighted by molar-refractivity contribution is 7.90. The van der Waals surface area contributed by atoms with Crippen LogP contribution < -0.4 is 4.72 Å². The van der Waals surface area contributed by atoms with Gasteiger partial charge in [-0.25, -0.2) is 17.8 Å². The van der Waals surface area contributed by atoms with Gasteiger partial charge in [-0.1, -0.05) is 29.8 Å². The number of rotatable bonds is 9. The third kappa shape index (κ3) is 7.89. The summed E-state index contributed by atoms with van der Waals surface area (Å²) in [4.78, 5) is 29.1. The minimum atomic E-state index is -4.71. The Morgan fingerprint density at radius 2 is 1.69 bits per heavy atom. The molecule has 4 rings (SSSR count). The number of carbonyl (C=O) groups excluding carboxylic acids is 2. The van der Waals surface area contributed by atoms with E-state index in [0.717, 1.165) is 33.5 Å². The maximum Gasteiger partial charge on any atom is 0.435 e. The summed E-state index contributed by atoms with van der Waals surface area (Å²) in [6, 6.07) is 12.5. The molecule has 1 aromatic heterocycles. The molecule has 0 radical (unpaired) electrons. The summed E-state index contributed by atoms with van der Waals surface area (Å²) < 4.78 is 74.2. The summed E-state index contributed by atoms with van der Waals surface area (Å²) in [6.45, 7) is 7.77. The lowest BCUT2D eigenvalue weighted by Crippen LogP contribution is -2.56. The lowest BCUT2D eigenvalue weighted by atomic mass is 9.97. The van der Waals surface area contributed by atoms with Gasteiger partial charge in [-0.3, -0.25) is 14.4 Å². The van der Waals surface area contributed by atoms with Crippen molar-refractivity contribution in [1.82, 2.24) is 19.5 Å². The van der Waals surface area contributed by atoms with Crippen molar-refractivity contribution in [3.63, 3.8) is 0 Å². The second-order valence-electron chi connectivity index (χ2n) is 11.4. The second kappa shape index (κ2) is 12.4. The van der Waals surface area contributed by atoms with E-state index >= 15 is 0 Å². The zero-order valence-corrected chi connectivity index (χ0v) is 25.7. The molecule has 2 aromatic carbocycles. The molecule has 242 valence electrons. The highest BCUT2D eigenvalue weighted by Gasteiger charge is 2.40. The number of hydrazine groups is 1. The van der Waals surface area contributed by atoms with E-state index in [1.807, 2.05) is 11.6 Å². The first kappa shape index (κ1) is 33.2. The minimum Gasteiger partial charge on any atom is -0.569 e. The number of nitrogens with zero attached hydrogens (tertiary/aromatic N) is 5. The van der Waals surface area contributed by atoms with Crippen LogP contribution in [-0.4, -0.2) is 59.4 Å². The van der Waals surface area contributed by atoms with Crippen molar-refractivity contribution < 1.29 is 45.7 Å². The van der Waals surface area contributed by atoms with Crippen molar-refractivity contribution in [2.24, 2.45) is 16.6 Å². The summed E-state index contributed by atoms with van der Waals surface area (Å²) in [7, 11) is -4.36. The molecule has 0 saturated carbocycles. The number of esters is 1. The van der Waals surface area contributed by atoms with E-state index in [4.69, 9.17) is 9.57 Å². The zero-order valence-electron chi connectivity index (χ0n) is 24.9. The predicted octanol–water partition coefficient (Wildman–Crippen LogP) is 4.35. The third-order valence-electron chi connectivity index (χ3n) is 6.60. The average Bonchev–Trinajstić information content (AvgIpc) is 3.37. The van der Waals surface area contributed by atoms with Crippen molar-refractivity contribution >= 4 is 21.9 Å². The number of nitrogens with one attached hydrogen (secondary N) is 1. The van der Waals surface area contributed by atoms with Crippen LogP contribution in [0, 0.1) is 23.5 Å². The molecule has 0 bridgehead atoms. The van der Waals surface area contributed by atoms with Crippen LogP contribution in [0.5, 0.6) is 0 Å². The first-order chi connectivity index (χ1) is 20.8. The molecule has 3 aromatic rings. The Labute approximate surface area is 256 Å². The quantitative estimate of drug-likeness (QED) is 0.117. The third-order valence-corrected chi connectivity index (χ3v) is 7.96. The van der Waals surface area contributed by atoms with Crippen LogP contribution in [-0.2, 0) is 35.4 Å². The second-order valence-corrected chi connectivity index (χ2v) is 13.1. The van der Waals surface area contributed by atoms with Gasteiger partial charge in [0.15, 0.2) is 5.69 Å². The van der Waals surface area contributed by atoms with Gasteiger partial charge in [0, 0.05) is 12.5 Å². The van der Waals surface area contributed by atoms with Gasteiger partial charge >= 0.3 is 12.1 Å². The smallest absolute Gasteiger partial charge is 0.435 e. The van der Waals surface area contributed by atoms with Gasteiger partial charge < -0.3 is 9.94 Å². The zero-order chi connectivity index (χ0) is 33.3. The van der Waals surface area contributed by atoms with Crippen LogP contribution in [0.15, 0.2) is 64.8 Å². The van der Waals surface area contributed by atoms with E-state index < -0.39 is 51.4 Å². The summed E-state index contributed by atoms with van der Waals surface area (Å²) in [5, 5.41) is 20.1. The Morgan fingerprint density at radius 1 is 1.09 bits per heavy atom. The number of ether oxygens (including phenoxy) is 1. The Balaban J connectivity index is 1.39. The molecule has 2 heterocycles. The number of carbonyl (C=O) groups is 2. The van der Waals surface area contributed by atoms with Crippen LogP contribution in [0.2, 0.25) is 0 Å². The lowest BCUT2D eigenvalue weighted by Gasteiger charge is -2.32. The average molecular weight is 653 g/mol. The van der Waals surface area contributed by atoms with E-state index in [0.29, 0.717) is 5.56 Å². The molecule has 1 aliphatic rings. The van der Waals surface area contributed by atoms with Crippen molar-refractivity contribution in [2.75, 3.05) is 13.1 Å². The highest BCUT2D eigenvalue weighted by atomic mass is 32.2. The number of alkyl halides is 3. The van der Waals surface area contributed by atoms with Gasteiger partial charge in [0.05, 0.1) is 45.7 Å². The van der Waals surface area contributed by atoms with Crippen molar-refractivity contribution in [1.29, 1.82) is 0 Å². The normalized spacial score (nSPS) is 15.3. The van der Waals surface area contributed by atoms with Gasteiger partial charge in [0.25, 0.3) is 16.3 Å². The number of amides is 1. The molecule has 1 aliphatic heterocycles. The number of aromatic nitrogens is 2. The molecule has 13 nitrogen and oxygen atoms in total. The Morgan fingerprint density at radius 3 is 2.24 bits per heavy atom. The van der Waals surface area contributed by atoms with E-state index in [1.165, 1.54) is 19.1 Å². The minimum absolute atomic E-state index is 0.0583. The van der Waals surface area contributed by atoms with Crippen molar-refractivity contribution in [3.8, 4) is 16.9 Å².